The molecule has 64 valence electrons. The summed E-state index contributed by atoms with van der Waals surface area (Å²) >= 11 is 6.71. The van der Waals surface area contributed by atoms with Gasteiger partial charge in [-0.15, -0.1) is 0 Å². The Bertz CT molecular complexity index is 154. The smallest absolute Gasteiger partial charge is 0.138 e. The Balaban J connectivity index is 2.33. The van der Waals surface area contributed by atoms with Crippen LogP contribution in [-0.4, -0.2) is 52.0 Å². The van der Waals surface area contributed by atoms with Gasteiger partial charge >= 0.3 is 0 Å². The molecule has 1 aliphatic rings. The third kappa shape index (κ3) is 2.59. The number of β-amino-alcohol motifs (C(OH)–C–C–N with tert-alkyl or cyclic N) is 1. The molecule has 0 aromatic carbocycles. The molecular formula is C6H12N2OS2. The maximum Gasteiger partial charge on any atom is 0.138 e. The molecule has 1 fully saturated rings. The lowest BCUT2D eigenvalue weighted by Gasteiger charge is -2.33. The van der Waals surface area contributed by atoms with Crippen LogP contribution in [0.4, 0.5) is 0 Å². The second-order valence-corrected chi connectivity index (χ2v) is 4.08. The molecule has 11 heavy (non-hydrogen) atoms. The minimum absolute atomic E-state index is 0.223. The zero-order chi connectivity index (χ0) is 8.27. The second-order valence-electron chi connectivity index (χ2n) is 2.50. The van der Waals surface area contributed by atoms with E-state index in [2.05, 4.69) is 4.90 Å². The van der Waals surface area contributed by atoms with Crippen LogP contribution >= 0.6 is 24.0 Å². The summed E-state index contributed by atoms with van der Waals surface area (Å²) in [4.78, 5) is 4.17. The van der Waals surface area contributed by atoms with Gasteiger partial charge in [0.1, 0.15) is 4.32 Å². The molecule has 0 saturated carbocycles. The fourth-order valence-corrected chi connectivity index (χ4v) is 1.93. The van der Waals surface area contributed by atoms with Crippen molar-refractivity contribution < 1.29 is 5.11 Å². The van der Waals surface area contributed by atoms with Gasteiger partial charge in [-0.3, -0.25) is 4.90 Å². The number of hydrogen-bond donors (Lipinski definition) is 1. The van der Waals surface area contributed by atoms with Crippen molar-refractivity contribution in [3.8, 4) is 0 Å². The van der Waals surface area contributed by atoms with Crippen molar-refractivity contribution >= 4 is 28.3 Å². The van der Waals surface area contributed by atoms with Gasteiger partial charge in [0.15, 0.2) is 0 Å². The molecule has 0 aromatic heterocycles. The van der Waals surface area contributed by atoms with Crippen LogP contribution < -0.4 is 0 Å². The van der Waals surface area contributed by atoms with Crippen molar-refractivity contribution in [1.82, 2.24) is 9.80 Å². The van der Waals surface area contributed by atoms with Crippen LogP contribution in [0, 0.1) is 0 Å². The van der Waals surface area contributed by atoms with Crippen molar-refractivity contribution in [1.29, 1.82) is 0 Å². The summed E-state index contributed by atoms with van der Waals surface area (Å²) in [6.45, 7) is 1.80. The van der Waals surface area contributed by atoms with Crippen molar-refractivity contribution in [2.45, 2.75) is 0 Å². The summed E-state index contributed by atoms with van der Waals surface area (Å²) < 4.78 is 0.944. The Morgan fingerprint density at radius 1 is 1.73 bits per heavy atom. The van der Waals surface area contributed by atoms with E-state index in [1.54, 1.807) is 11.8 Å². The van der Waals surface area contributed by atoms with E-state index in [9.17, 15) is 0 Å². The molecule has 0 atom stereocenters. The van der Waals surface area contributed by atoms with Gasteiger partial charge in [0.05, 0.1) is 19.2 Å². The van der Waals surface area contributed by atoms with Crippen molar-refractivity contribution in [3.63, 3.8) is 0 Å². The van der Waals surface area contributed by atoms with E-state index in [1.807, 2.05) is 11.9 Å². The van der Waals surface area contributed by atoms with E-state index in [1.165, 1.54) is 0 Å². The first kappa shape index (κ1) is 9.25. The molecule has 0 bridgehead atoms. The number of rotatable bonds is 2. The number of nitrogens with zero attached hydrogens (tertiary/aromatic N) is 2. The van der Waals surface area contributed by atoms with Crippen LogP contribution in [-0.2, 0) is 0 Å². The third-order valence-corrected chi connectivity index (χ3v) is 3.23. The number of thioether (sulfide) groups is 1. The summed E-state index contributed by atoms with van der Waals surface area (Å²) in [7, 11) is 1.97. The van der Waals surface area contributed by atoms with Gasteiger partial charge in [-0.2, -0.15) is 0 Å². The highest BCUT2D eigenvalue weighted by atomic mass is 32.2. The van der Waals surface area contributed by atoms with Gasteiger partial charge in [0.25, 0.3) is 0 Å². The predicted octanol–water partition coefficient (Wildman–Crippen LogP) is 0.159. The number of hydrogen-bond acceptors (Lipinski definition) is 4. The van der Waals surface area contributed by atoms with Crippen molar-refractivity contribution in [2.24, 2.45) is 0 Å². The van der Waals surface area contributed by atoms with Crippen LogP contribution in [0.5, 0.6) is 0 Å². The first-order valence-corrected chi connectivity index (χ1v) is 4.84. The van der Waals surface area contributed by atoms with E-state index >= 15 is 0 Å². The molecule has 0 radical (unpaired) electrons. The van der Waals surface area contributed by atoms with Gasteiger partial charge in [0, 0.05) is 13.6 Å². The molecule has 1 heterocycles. The first-order valence-electron chi connectivity index (χ1n) is 3.45. The highest BCUT2D eigenvalue weighted by Gasteiger charge is 2.17. The molecule has 3 nitrogen and oxygen atoms in total. The molecule has 0 aliphatic carbocycles. The van der Waals surface area contributed by atoms with E-state index in [-0.39, 0.29) is 6.61 Å². The summed E-state index contributed by atoms with van der Waals surface area (Å²) in [6.07, 6.45) is 0. The van der Waals surface area contributed by atoms with Gasteiger partial charge in [-0.1, -0.05) is 24.0 Å². The average Bonchev–Trinajstić information content (AvgIpc) is 1.98. The van der Waals surface area contributed by atoms with Gasteiger partial charge in [0.2, 0.25) is 0 Å². The Morgan fingerprint density at radius 3 is 3.00 bits per heavy atom. The Labute approximate surface area is 76.4 Å². The quantitative estimate of drug-likeness (QED) is 0.629. The van der Waals surface area contributed by atoms with Crippen molar-refractivity contribution in [3.05, 3.63) is 0 Å². The average molecular weight is 192 g/mol. The molecule has 1 saturated heterocycles. The number of aliphatic hydroxyl groups excluding tert-OH is 1. The van der Waals surface area contributed by atoms with E-state index in [4.69, 9.17) is 17.3 Å². The zero-order valence-electron chi connectivity index (χ0n) is 6.49. The fourth-order valence-electron chi connectivity index (χ4n) is 0.932. The first-order chi connectivity index (χ1) is 5.24. The van der Waals surface area contributed by atoms with E-state index in [0.717, 1.165) is 23.4 Å². The molecule has 0 amide bonds. The summed E-state index contributed by atoms with van der Waals surface area (Å²) in [6, 6.07) is 0. The predicted molar refractivity (Wildman–Crippen MR) is 51.5 cm³/mol. The highest BCUT2D eigenvalue weighted by Crippen LogP contribution is 2.15. The highest BCUT2D eigenvalue weighted by molar-refractivity contribution is 8.22. The van der Waals surface area contributed by atoms with Gasteiger partial charge in [-0.25, -0.2) is 0 Å². The normalized spacial score (nSPS) is 20.9. The SMILES string of the molecule is CN1CN(CCO)CSC1=S. The van der Waals surface area contributed by atoms with Gasteiger partial charge in [-0.05, 0) is 0 Å². The Morgan fingerprint density at radius 2 is 2.45 bits per heavy atom. The maximum atomic E-state index is 8.67. The Kier molecular flexibility index (Phi) is 3.58. The standard InChI is InChI=1S/C6H12N2OS2/c1-7-4-8(2-3-9)5-11-6(7)10/h9H,2-5H2,1H3. The van der Waals surface area contributed by atoms with Crippen molar-refractivity contribution in [2.75, 3.05) is 32.7 Å². The lowest BCUT2D eigenvalue weighted by Crippen LogP contribution is -2.43. The molecule has 5 heteroatoms. The van der Waals surface area contributed by atoms with Crippen LogP contribution in [0.25, 0.3) is 0 Å². The molecular weight excluding hydrogens is 180 g/mol. The maximum absolute atomic E-state index is 8.67. The monoisotopic (exact) mass is 192 g/mol. The van der Waals surface area contributed by atoms with Crippen LogP contribution in [0.15, 0.2) is 0 Å². The second kappa shape index (κ2) is 4.25. The topological polar surface area (TPSA) is 26.7 Å². The number of thiocarbonyl (C=S) groups is 1. The molecule has 1 aliphatic heterocycles. The summed E-state index contributed by atoms with van der Waals surface area (Å²) in [5.41, 5.74) is 0. The molecule has 0 aromatic rings. The molecule has 1 rings (SSSR count). The third-order valence-electron chi connectivity index (χ3n) is 1.51. The molecule has 0 unspecified atom stereocenters. The lowest BCUT2D eigenvalue weighted by atomic mass is 10.6. The molecule has 1 N–H and O–H groups in total. The van der Waals surface area contributed by atoms with Gasteiger partial charge < -0.3 is 10.0 Å². The van der Waals surface area contributed by atoms with Crippen LogP contribution in [0.3, 0.4) is 0 Å². The number of aliphatic hydroxyl groups is 1. The lowest BCUT2D eigenvalue weighted by molar-refractivity contribution is 0.178. The minimum atomic E-state index is 0.223. The Hall–Kier alpha value is 0.160. The minimum Gasteiger partial charge on any atom is -0.395 e. The van der Waals surface area contributed by atoms with E-state index < -0.39 is 0 Å². The van der Waals surface area contributed by atoms with E-state index in [0.29, 0.717) is 0 Å². The van der Waals surface area contributed by atoms with Crippen LogP contribution in [0.2, 0.25) is 0 Å². The molecule has 0 spiro atoms. The fraction of sp³-hybridized carbons (Fsp3) is 0.833. The van der Waals surface area contributed by atoms with Crippen LogP contribution in [0.1, 0.15) is 0 Å². The largest absolute Gasteiger partial charge is 0.395 e. The summed E-state index contributed by atoms with van der Waals surface area (Å²) in [5.74, 6) is 0.906. The zero-order valence-corrected chi connectivity index (χ0v) is 8.12. The summed E-state index contributed by atoms with van der Waals surface area (Å²) in [5, 5.41) is 8.67.